The number of nitrogens with zero attached hydrogens (tertiary/aromatic N) is 2. The van der Waals surface area contributed by atoms with Gasteiger partial charge in [-0.3, -0.25) is 0 Å². The normalized spacial score (nSPS) is 9.33. The molecular formula is C5H5N2O2-. The second kappa shape index (κ2) is 2.30. The first kappa shape index (κ1) is 5.81. The van der Waals surface area contributed by atoms with Crippen LogP contribution < -0.4 is 5.11 Å². The van der Waals surface area contributed by atoms with Crippen LogP contribution in [0.2, 0.25) is 0 Å². The van der Waals surface area contributed by atoms with E-state index >= 15 is 0 Å². The van der Waals surface area contributed by atoms with Crippen molar-refractivity contribution in [2.75, 3.05) is 0 Å². The van der Waals surface area contributed by atoms with E-state index in [0.717, 1.165) is 0 Å². The number of aromatic nitrogens is 2. The molecule has 0 aromatic carbocycles. The molecule has 0 radical (unpaired) electrons. The third-order valence-electron chi connectivity index (χ3n) is 0.871. The second-order valence-corrected chi connectivity index (χ2v) is 1.61. The molecule has 0 N–H and O–H groups in total. The quantitative estimate of drug-likeness (QED) is 0.490. The smallest absolute Gasteiger partial charge is 0.0949 e. The largest absolute Gasteiger partial charge is 0.548 e. The number of rotatable bonds is 2. The van der Waals surface area contributed by atoms with Crippen molar-refractivity contribution in [2.24, 2.45) is 0 Å². The first-order valence-corrected chi connectivity index (χ1v) is 2.44. The van der Waals surface area contributed by atoms with Gasteiger partial charge in [-0.05, 0) is 0 Å². The molecule has 9 heavy (non-hydrogen) atoms. The molecule has 0 saturated carbocycles. The summed E-state index contributed by atoms with van der Waals surface area (Å²) in [6.45, 7) is -0.125. The predicted octanol–water partition coefficient (Wildman–Crippen LogP) is -1.37. The van der Waals surface area contributed by atoms with Gasteiger partial charge in [0.15, 0.2) is 0 Å². The highest BCUT2D eigenvalue weighted by Gasteiger charge is 1.86. The number of carbonyl (C=O) groups excluding carboxylic acids is 1. The van der Waals surface area contributed by atoms with Crippen molar-refractivity contribution in [1.82, 2.24) is 9.55 Å². The van der Waals surface area contributed by atoms with Crippen LogP contribution in [0.4, 0.5) is 0 Å². The molecule has 0 bridgehead atoms. The summed E-state index contributed by atoms with van der Waals surface area (Å²) in [7, 11) is 0. The highest BCUT2D eigenvalue weighted by Crippen LogP contribution is 1.82. The maximum absolute atomic E-state index is 9.91. The van der Waals surface area contributed by atoms with E-state index in [1.807, 2.05) is 0 Å². The summed E-state index contributed by atoms with van der Waals surface area (Å²) < 4.78 is 1.43. The minimum atomic E-state index is -1.10. The summed E-state index contributed by atoms with van der Waals surface area (Å²) in [4.78, 5) is 13.6. The van der Waals surface area contributed by atoms with Gasteiger partial charge < -0.3 is 14.5 Å². The van der Waals surface area contributed by atoms with Crippen molar-refractivity contribution < 1.29 is 9.90 Å². The number of carboxylic acid groups (broad SMARTS) is 1. The molecule has 0 amide bonds. The molecule has 1 rings (SSSR count). The zero-order chi connectivity index (χ0) is 6.69. The van der Waals surface area contributed by atoms with Crippen molar-refractivity contribution >= 4 is 5.97 Å². The fourth-order valence-electron chi connectivity index (χ4n) is 0.529. The lowest BCUT2D eigenvalue weighted by molar-refractivity contribution is -0.306. The van der Waals surface area contributed by atoms with E-state index in [9.17, 15) is 9.90 Å². The minimum Gasteiger partial charge on any atom is -0.548 e. The van der Waals surface area contributed by atoms with Gasteiger partial charge in [-0.2, -0.15) is 0 Å². The number of carboxylic acids is 1. The Labute approximate surface area is 51.8 Å². The van der Waals surface area contributed by atoms with Crippen LogP contribution in [-0.4, -0.2) is 15.5 Å². The maximum atomic E-state index is 9.91. The summed E-state index contributed by atoms with van der Waals surface area (Å²) in [5, 5.41) is 9.91. The first-order valence-electron chi connectivity index (χ1n) is 2.44. The van der Waals surface area contributed by atoms with Crippen LogP contribution in [0.1, 0.15) is 0 Å². The Kier molecular flexibility index (Phi) is 1.48. The Morgan fingerprint density at radius 1 is 1.78 bits per heavy atom. The minimum absolute atomic E-state index is 0.125. The molecule has 0 aliphatic carbocycles. The molecule has 0 spiro atoms. The molecular weight excluding hydrogens is 120 g/mol. The maximum Gasteiger partial charge on any atom is 0.0949 e. The molecule has 1 heterocycles. The van der Waals surface area contributed by atoms with Crippen LogP contribution in [0, 0.1) is 0 Å². The van der Waals surface area contributed by atoms with E-state index in [4.69, 9.17) is 0 Å². The monoisotopic (exact) mass is 125 g/mol. The van der Waals surface area contributed by atoms with Crippen LogP contribution >= 0.6 is 0 Å². The Bertz CT molecular complexity index is 193. The van der Waals surface area contributed by atoms with Crippen LogP contribution in [0.15, 0.2) is 18.7 Å². The van der Waals surface area contributed by atoms with Gasteiger partial charge in [0.2, 0.25) is 0 Å². The fraction of sp³-hybridized carbons (Fsp3) is 0.200. The number of carbonyl (C=O) groups is 1. The van der Waals surface area contributed by atoms with E-state index in [0.29, 0.717) is 0 Å². The second-order valence-electron chi connectivity index (χ2n) is 1.61. The van der Waals surface area contributed by atoms with Crippen molar-refractivity contribution in [1.29, 1.82) is 0 Å². The lowest BCUT2D eigenvalue weighted by atomic mass is 10.6. The number of aliphatic carboxylic acids is 1. The summed E-state index contributed by atoms with van der Waals surface area (Å²) in [6.07, 6.45) is 4.51. The van der Waals surface area contributed by atoms with E-state index in [-0.39, 0.29) is 6.54 Å². The van der Waals surface area contributed by atoms with Crippen molar-refractivity contribution in [2.45, 2.75) is 6.54 Å². The molecule has 1 aromatic heterocycles. The summed E-state index contributed by atoms with van der Waals surface area (Å²) in [5.74, 6) is -1.10. The summed E-state index contributed by atoms with van der Waals surface area (Å²) in [5.41, 5.74) is 0. The zero-order valence-corrected chi connectivity index (χ0v) is 4.65. The van der Waals surface area contributed by atoms with Gasteiger partial charge in [-0.25, -0.2) is 4.98 Å². The molecule has 0 unspecified atom stereocenters. The Morgan fingerprint density at radius 2 is 2.56 bits per heavy atom. The number of hydrogen-bond acceptors (Lipinski definition) is 3. The summed E-state index contributed by atoms with van der Waals surface area (Å²) in [6, 6.07) is 0. The highest BCUT2D eigenvalue weighted by atomic mass is 16.4. The van der Waals surface area contributed by atoms with Gasteiger partial charge in [0.05, 0.1) is 18.8 Å². The van der Waals surface area contributed by atoms with Gasteiger partial charge in [0.25, 0.3) is 0 Å². The lowest BCUT2D eigenvalue weighted by Crippen LogP contribution is -2.26. The molecule has 0 aliphatic heterocycles. The van der Waals surface area contributed by atoms with Crippen molar-refractivity contribution in [3.8, 4) is 0 Å². The first-order chi connectivity index (χ1) is 4.29. The topological polar surface area (TPSA) is 57.9 Å². The van der Waals surface area contributed by atoms with Gasteiger partial charge in [0, 0.05) is 12.4 Å². The van der Waals surface area contributed by atoms with Gasteiger partial charge in [0.1, 0.15) is 0 Å². The predicted molar refractivity (Wildman–Crippen MR) is 27.2 cm³/mol. The molecule has 0 aliphatic rings. The molecule has 0 saturated heterocycles. The van der Waals surface area contributed by atoms with Crippen molar-refractivity contribution in [3.05, 3.63) is 18.7 Å². The zero-order valence-electron chi connectivity index (χ0n) is 4.65. The van der Waals surface area contributed by atoms with Crippen molar-refractivity contribution in [3.63, 3.8) is 0 Å². The van der Waals surface area contributed by atoms with Crippen LogP contribution in [0.25, 0.3) is 0 Å². The Hall–Kier alpha value is -1.32. The fourth-order valence-corrected chi connectivity index (χ4v) is 0.529. The molecule has 1 aromatic rings. The highest BCUT2D eigenvalue weighted by molar-refractivity contribution is 5.63. The standard InChI is InChI=1S/C5H6N2O2/c8-5(9)3-7-2-1-6-4-7/h1-2,4H,3H2,(H,8,9)/p-1. The van der Waals surface area contributed by atoms with Crippen LogP contribution in [0.3, 0.4) is 0 Å². The molecule has 0 atom stereocenters. The van der Waals surface area contributed by atoms with Gasteiger partial charge in [-0.1, -0.05) is 0 Å². The third-order valence-corrected chi connectivity index (χ3v) is 0.871. The average molecular weight is 125 g/mol. The lowest BCUT2D eigenvalue weighted by Gasteiger charge is -1.99. The number of hydrogen-bond donors (Lipinski definition) is 0. The van der Waals surface area contributed by atoms with E-state index < -0.39 is 5.97 Å². The third kappa shape index (κ3) is 1.56. The summed E-state index contributed by atoms with van der Waals surface area (Å²) >= 11 is 0. The Morgan fingerprint density at radius 3 is 3.00 bits per heavy atom. The van der Waals surface area contributed by atoms with Gasteiger partial charge in [-0.15, -0.1) is 0 Å². The molecule has 0 fully saturated rings. The van der Waals surface area contributed by atoms with Gasteiger partial charge >= 0.3 is 0 Å². The molecule has 4 nitrogen and oxygen atoms in total. The van der Waals surface area contributed by atoms with Crippen LogP contribution in [-0.2, 0) is 11.3 Å². The average Bonchev–Trinajstić information content (AvgIpc) is 2.15. The van der Waals surface area contributed by atoms with E-state index in [2.05, 4.69) is 4.98 Å². The Balaban J connectivity index is 2.58. The van der Waals surface area contributed by atoms with E-state index in [1.54, 1.807) is 6.20 Å². The van der Waals surface area contributed by atoms with Crippen LogP contribution in [0.5, 0.6) is 0 Å². The molecule has 48 valence electrons. The molecule has 4 heteroatoms. The number of imidazole rings is 1. The van der Waals surface area contributed by atoms with E-state index in [1.165, 1.54) is 17.1 Å². The SMILES string of the molecule is O=C([O-])Cn1ccnc1.